The van der Waals surface area contributed by atoms with Crippen molar-refractivity contribution in [2.45, 2.75) is 19.8 Å². The van der Waals surface area contributed by atoms with Gasteiger partial charge in [-0.2, -0.15) is 0 Å². The predicted molar refractivity (Wildman–Crippen MR) is 71.7 cm³/mol. The van der Waals surface area contributed by atoms with E-state index in [-0.39, 0.29) is 5.97 Å². The van der Waals surface area contributed by atoms with Crippen molar-refractivity contribution < 1.29 is 29.3 Å². The van der Waals surface area contributed by atoms with Gasteiger partial charge in [0.25, 0.3) is 0 Å². The van der Waals surface area contributed by atoms with Crippen LogP contribution in [0.2, 0.25) is 0 Å². The highest BCUT2D eigenvalue weighted by atomic mass is 16.5. The first-order valence-electron chi connectivity index (χ1n) is 5.35. The summed E-state index contributed by atoms with van der Waals surface area (Å²) in [5.74, 6) is -2.29. The van der Waals surface area contributed by atoms with E-state index in [1.165, 1.54) is 6.08 Å². The molecule has 0 aromatic rings. The molecule has 108 valence electrons. The van der Waals surface area contributed by atoms with E-state index < -0.39 is 11.9 Å². The SMILES string of the molecule is C=CC(=O)O.C=CC(=O)O.C=CC(=O)OCCCC. The summed E-state index contributed by atoms with van der Waals surface area (Å²) >= 11 is 0. The van der Waals surface area contributed by atoms with E-state index in [2.05, 4.69) is 24.5 Å². The molecule has 0 fully saturated rings. The van der Waals surface area contributed by atoms with Crippen LogP contribution in [0, 0.1) is 0 Å². The molecule has 0 aromatic heterocycles. The number of carboxylic acids is 2. The Kier molecular flexibility index (Phi) is 20.7. The van der Waals surface area contributed by atoms with Gasteiger partial charge in [0.05, 0.1) is 6.61 Å². The van der Waals surface area contributed by atoms with Gasteiger partial charge in [0.1, 0.15) is 0 Å². The van der Waals surface area contributed by atoms with Crippen LogP contribution in [0.3, 0.4) is 0 Å². The fourth-order valence-electron chi connectivity index (χ4n) is 0.376. The molecule has 0 radical (unpaired) electrons. The van der Waals surface area contributed by atoms with Crippen LogP contribution in [0.1, 0.15) is 19.8 Å². The number of rotatable bonds is 6. The molecule has 0 aliphatic heterocycles. The summed E-state index contributed by atoms with van der Waals surface area (Å²) in [7, 11) is 0. The highest BCUT2D eigenvalue weighted by molar-refractivity contribution is 5.81. The third-order valence-electron chi connectivity index (χ3n) is 1.26. The molecule has 0 spiro atoms. The molecule has 0 bridgehead atoms. The van der Waals surface area contributed by atoms with Crippen LogP contribution < -0.4 is 0 Å². The average molecular weight is 272 g/mol. The number of ether oxygens (including phenoxy) is 1. The zero-order chi connectivity index (χ0) is 15.7. The smallest absolute Gasteiger partial charge is 0.330 e. The Morgan fingerprint density at radius 1 is 1.00 bits per heavy atom. The molecule has 0 aliphatic carbocycles. The molecule has 19 heavy (non-hydrogen) atoms. The summed E-state index contributed by atoms with van der Waals surface area (Å²) < 4.78 is 4.67. The molecule has 6 heteroatoms. The number of esters is 1. The van der Waals surface area contributed by atoms with Gasteiger partial charge in [0.2, 0.25) is 0 Å². The van der Waals surface area contributed by atoms with Gasteiger partial charge in [-0.25, -0.2) is 14.4 Å². The average Bonchev–Trinajstić information content (AvgIpc) is 2.40. The second-order valence-corrected chi connectivity index (χ2v) is 2.81. The summed E-state index contributed by atoms with van der Waals surface area (Å²) in [6.07, 6.45) is 4.82. The van der Waals surface area contributed by atoms with Crippen molar-refractivity contribution in [1.82, 2.24) is 0 Å². The van der Waals surface area contributed by atoms with E-state index in [0.29, 0.717) is 6.61 Å². The van der Waals surface area contributed by atoms with Gasteiger partial charge in [0, 0.05) is 18.2 Å². The first-order chi connectivity index (χ1) is 8.85. The Morgan fingerprint density at radius 3 is 1.58 bits per heavy atom. The number of unbranched alkanes of at least 4 members (excludes halogenated alkanes) is 1. The molecule has 2 N–H and O–H groups in total. The molecule has 0 aromatic carbocycles. The lowest BCUT2D eigenvalue weighted by atomic mass is 10.4. The van der Waals surface area contributed by atoms with Crippen molar-refractivity contribution in [3.8, 4) is 0 Å². The lowest BCUT2D eigenvalue weighted by Gasteiger charge is -1.97. The van der Waals surface area contributed by atoms with Gasteiger partial charge >= 0.3 is 17.9 Å². The highest BCUT2D eigenvalue weighted by Crippen LogP contribution is 1.88. The molecule has 6 nitrogen and oxygen atoms in total. The molecular formula is C13H20O6. The molecule has 0 saturated heterocycles. The Hall–Kier alpha value is -2.37. The second-order valence-electron chi connectivity index (χ2n) is 2.81. The third kappa shape index (κ3) is 39.0. The maximum Gasteiger partial charge on any atom is 0.330 e. The number of carbonyl (C=O) groups is 3. The highest BCUT2D eigenvalue weighted by Gasteiger charge is 1.91. The molecular weight excluding hydrogens is 252 g/mol. The van der Waals surface area contributed by atoms with Crippen molar-refractivity contribution in [2.24, 2.45) is 0 Å². The number of hydrogen-bond donors (Lipinski definition) is 2. The first kappa shape index (κ1) is 21.9. The predicted octanol–water partition coefficient (Wildman–Crippen LogP) is 2.03. The van der Waals surface area contributed by atoms with E-state index in [1.807, 2.05) is 6.92 Å². The third-order valence-corrected chi connectivity index (χ3v) is 1.26. The van der Waals surface area contributed by atoms with Crippen molar-refractivity contribution >= 4 is 17.9 Å². The number of aliphatic carboxylic acids is 2. The van der Waals surface area contributed by atoms with Crippen LogP contribution in [0.5, 0.6) is 0 Å². The normalized spacial score (nSPS) is 7.42. The van der Waals surface area contributed by atoms with Crippen LogP contribution >= 0.6 is 0 Å². The molecule has 0 atom stereocenters. The second kappa shape index (κ2) is 18.0. The summed E-state index contributed by atoms with van der Waals surface area (Å²) in [5.41, 5.74) is 0. The van der Waals surface area contributed by atoms with Crippen molar-refractivity contribution in [2.75, 3.05) is 6.61 Å². The minimum atomic E-state index is -0.981. The van der Waals surface area contributed by atoms with Crippen LogP contribution in [-0.2, 0) is 19.1 Å². The van der Waals surface area contributed by atoms with Crippen LogP contribution in [0.25, 0.3) is 0 Å². The summed E-state index contributed by atoms with van der Waals surface area (Å²) in [6, 6.07) is 0. The summed E-state index contributed by atoms with van der Waals surface area (Å²) in [4.78, 5) is 28.8. The summed E-state index contributed by atoms with van der Waals surface area (Å²) in [5, 5.41) is 15.2. The quantitative estimate of drug-likeness (QED) is 0.436. The Bertz CT molecular complexity index is 288. The van der Waals surface area contributed by atoms with Gasteiger partial charge in [-0.15, -0.1) is 0 Å². The van der Waals surface area contributed by atoms with Crippen LogP contribution in [0.4, 0.5) is 0 Å². The van der Waals surface area contributed by atoms with Gasteiger partial charge in [-0.1, -0.05) is 33.1 Å². The van der Waals surface area contributed by atoms with Crippen molar-refractivity contribution in [1.29, 1.82) is 0 Å². The number of hydrogen-bond acceptors (Lipinski definition) is 4. The maximum absolute atomic E-state index is 10.3. The zero-order valence-electron chi connectivity index (χ0n) is 11.0. The number of carbonyl (C=O) groups excluding carboxylic acids is 1. The molecule has 0 rings (SSSR count). The van der Waals surface area contributed by atoms with Crippen LogP contribution in [0.15, 0.2) is 38.0 Å². The summed E-state index contributed by atoms with van der Waals surface area (Å²) in [6.45, 7) is 11.7. The standard InChI is InChI=1S/C7H12O2.2C3H4O2/c1-3-5-6-9-7(8)4-2;2*1-2-3(4)5/h4H,2-3,5-6H2,1H3;2*2H,1H2,(H,4,5). The molecule has 0 heterocycles. The monoisotopic (exact) mass is 272 g/mol. The Morgan fingerprint density at radius 2 is 1.37 bits per heavy atom. The fraction of sp³-hybridized carbons (Fsp3) is 0.308. The van der Waals surface area contributed by atoms with E-state index in [9.17, 15) is 14.4 Å². The van der Waals surface area contributed by atoms with Gasteiger partial charge in [-0.3, -0.25) is 0 Å². The minimum Gasteiger partial charge on any atom is -0.478 e. The molecule has 0 unspecified atom stereocenters. The van der Waals surface area contributed by atoms with Crippen LogP contribution in [-0.4, -0.2) is 34.7 Å². The fourth-order valence-corrected chi connectivity index (χ4v) is 0.376. The Labute approximate surface area is 112 Å². The molecule has 0 amide bonds. The van der Waals surface area contributed by atoms with Gasteiger partial charge in [0.15, 0.2) is 0 Å². The largest absolute Gasteiger partial charge is 0.478 e. The molecule has 0 saturated carbocycles. The lowest BCUT2D eigenvalue weighted by molar-refractivity contribution is -0.138. The first-order valence-corrected chi connectivity index (χ1v) is 5.35. The van der Waals surface area contributed by atoms with E-state index >= 15 is 0 Å². The minimum absolute atomic E-state index is 0.330. The lowest BCUT2D eigenvalue weighted by Crippen LogP contribution is -2.00. The number of carboxylic acid groups (broad SMARTS) is 2. The molecule has 0 aliphatic rings. The Balaban J connectivity index is -0.000000219. The van der Waals surface area contributed by atoms with E-state index in [1.54, 1.807) is 0 Å². The van der Waals surface area contributed by atoms with E-state index in [4.69, 9.17) is 10.2 Å². The zero-order valence-corrected chi connectivity index (χ0v) is 11.0. The maximum atomic E-state index is 10.3. The van der Waals surface area contributed by atoms with E-state index in [0.717, 1.165) is 25.0 Å². The van der Waals surface area contributed by atoms with Gasteiger partial charge < -0.3 is 14.9 Å². The topological polar surface area (TPSA) is 101 Å². The van der Waals surface area contributed by atoms with Gasteiger partial charge in [-0.05, 0) is 6.42 Å². The van der Waals surface area contributed by atoms with Crippen molar-refractivity contribution in [3.63, 3.8) is 0 Å². The van der Waals surface area contributed by atoms with Crippen molar-refractivity contribution in [3.05, 3.63) is 38.0 Å².